The van der Waals surface area contributed by atoms with Crippen LogP contribution in [0.4, 0.5) is 8.78 Å². The molecule has 0 saturated heterocycles. The van der Waals surface area contributed by atoms with Gasteiger partial charge in [-0.2, -0.15) is 0 Å². The van der Waals surface area contributed by atoms with Crippen LogP contribution in [-0.4, -0.2) is 17.4 Å². The van der Waals surface area contributed by atoms with Gasteiger partial charge < -0.3 is 9.72 Å². The fourth-order valence-corrected chi connectivity index (χ4v) is 3.81. The number of rotatable bonds is 4. The molecule has 3 nitrogen and oxygen atoms in total. The van der Waals surface area contributed by atoms with Crippen LogP contribution in [0.2, 0.25) is 5.02 Å². The molecule has 0 unspecified atom stereocenters. The second kappa shape index (κ2) is 7.09. The molecule has 0 aliphatic heterocycles. The number of aromatic amines is 1. The third kappa shape index (κ3) is 3.51. The monoisotopic (exact) mass is 497 g/mol. The van der Waals surface area contributed by atoms with Gasteiger partial charge in [0.05, 0.1) is 3.57 Å². The van der Waals surface area contributed by atoms with Crippen LogP contribution in [0, 0.1) is 15.2 Å². The molecule has 0 amide bonds. The Bertz CT molecular complexity index is 1210. The zero-order valence-corrected chi connectivity index (χ0v) is 16.6. The number of benzene rings is 3. The minimum Gasteiger partial charge on any atom is -0.484 e. The maximum Gasteiger partial charge on any atom is 0.202 e. The number of aromatic nitrogens is 1. The van der Waals surface area contributed by atoms with E-state index in [-0.39, 0.29) is 18.2 Å². The van der Waals surface area contributed by atoms with Crippen molar-refractivity contribution in [2.45, 2.75) is 0 Å². The maximum atomic E-state index is 14.1. The lowest BCUT2D eigenvalue weighted by Gasteiger charge is -2.10. The van der Waals surface area contributed by atoms with Crippen molar-refractivity contribution < 1.29 is 18.3 Å². The van der Waals surface area contributed by atoms with E-state index in [9.17, 15) is 13.6 Å². The van der Waals surface area contributed by atoms with E-state index in [1.165, 1.54) is 24.4 Å². The van der Waals surface area contributed by atoms with Crippen LogP contribution in [0.1, 0.15) is 10.4 Å². The second-order valence-corrected chi connectivity index (χ2v) is 7.59. The lowest BCUT2D eigenvalue weighted by molar-refractivity contribution is 0.0922. The number of fused-ring (bicyclic) bond motifs is 2. The molecule has 0 fully saturated rings. The first-order chi connectivity index (χ1) is 12.9. The molecule has 0 bridgehead atoms. The van der Waals surface area contributed by atoms with Crippen molar-refractivity contribution in [3.05, 3.63) is 74.5 Å². The minimum atomic E-state index is -0.455. The van der Waals surface area contributed by atoms with Crippen molar-refractivity contribution >= 4 is 61.7 Å². The van der Waals surface area contributed by atoms with Crippen LogP contribution < -0.4 is 4.74 Å². The molecular formula is C20H11ClF2INO2. The smallest absolute Gasteiger partial charge is 0.202 e. The first-order valence-corrected chi connectivity index (χ1v) is 9.39. The lowest BCUT2D eigenvalue weighted by Crippen LogP contribution is -2.11. The van der Waals surface area contributed by atoms with Gasteiger partial charge in [-0.15, -0.1) is 0 Å². The van der Waals surface area contributed by atoms with Crippen molar-refractivity contribution in [1.29, 1.82) is 0 Å². The van der Waals surface area contributed by atoms with Gasteiger partial charge in [0.25, 0.3) is 0 Å². The van der Waals surface area contributed by atoms with Crippen LogP contribution in [-0.2, 0) is 0 Å². The number of Topliss-reactive ketones (excluding diaryl/α,β-unsaturated/α-hetero) is 1. The van der Waals surface area contributed by atoms with E-state index in [1.54, 1.807) is 24.3 Å². The predicted octanol–water partition coefficient (Wildman–Crippen LogP) is 6.12. The fraction of sp³-hybridized carbons (Fsp3) is 0.0500. The summed E-state index contributed by atoms with van der Waals surface area (Å²) in [4.78, 5) is 15.4. The standard InChI is InChI=1S/C20H11ClF2INO2/c21-11-3-10-4-17(24)20(7-14(10)16(23)5-11)27-9-19(26)15-8-25-18-6-12(22)1-2-13(15)18/h1-8,25H,9H2. The molecule has 0 aliphatic rings. The Morgan fingerprint density at radius 1 is 1.11 bits per heavy atom. The first-order valence-electron chi connectivity index (χ1n) is 7.93. The molecule has 7 heteroatoms. The predicted molar refractivity (Wildman–Crippen MR) is 110 cm³/mol. The van der Waals surface area contributed by atoms with Crippen LogP contribution in [0.5, 0.6) is 5.75 Å². The van der Waals surface area contributed by atoms with E-state index >= 15 is 0 Å². The molecule has 27 heavy (non-hydrogen) atoms. The highest BCUT2D eigenvalue weighted by atomic mass is 127. The Hall–Kier alpha value is -2.19. The zero-order valence-electron chi connectivity index (χ0n) is 13.7. The van der Waals surface area contributed by atoms with Gasteiger partial charge in [-0.05, 0) is 70.4 Å². The fourth-order valence-electron chi connectivity index (χ4n) is 2.94. The Morgan fingerprint density at radius 3 is 2.74 bits per heavy atom. The van der Waals surface area contributed by atoms with Gasteiger partial charge in [0.15, 0.2) is 6.61 Å². The molecule has 4 rings (SSSR count). The van der Waals surface area contributed by atoms with Gasteiger partial charge in [0.1, 0.15) is 17.4 Å². The summed E-state index contributed by atoms with van der Waals surface area (Å²) in [5.74, 6) is -0.694. The van der Waals surface area contributed by atoms with Crippen molar-refractivity contribution in [2.24, 2.45) is 0 Å². The summed E-state index contributed by atoms with van der Waals surface area (Å²) in [5.41, 5.74) is 0.955. The highest BCUT2D eigenvalue weighted by molar-refractivity contribution is 14.1. The summed E-state index contributed by atoms with van der Waals surface area (Å²) in [5, 5.41) is 1.96. The topological polar surface area (TPSA) is 42.1 Å². The number of hydrogen-bond acceptors (Lipinski definition) is 2. The largest absolute Gasteiger partial charge is 0.484 e. The maximum absolute atomic E-state index is 14.1. The minimum absolute atomic E-state index is 0.221. The lowest BCUT2D eigenvalue weighted by atomic mass is 10.1. The highest BCUT2D eigenvalue weighted by Gasteiger charge is 2.15. The number of carbonyl (C=O) groups excluding carboxylic acids is 1. The normalized spacial score (nSPS) is 11.3. The SMILES string of the molecule is O=C(COc1cc2c(F)cc(Cl)cc2cc1I)c1c[nH]c2cc(F)ccc12. The first kappa shape index (κ1) is 18.2. The Kier molecular flexibility index (Phi) is 4.77. The summed E-state index contributed by atoms with van der Waals surface area (Å²) in [6.45, 7) is -0.221. The highest BCUT2D eigenvalue weighted by Crippen LogP contribution is 2.31. The number of carbonyl (C=O) groups is 1. The molecule has 0 atom stereocenters. The molecule has 1 heterocycles. The number of H-pyrrole nitrogens is 1. The van der Waals surface area contributed by atoms with Gasteiger partial charge in [-0.1, -0.05) is 11.6 Å². The van der Waals surface area contributed by atoms with Gasteiger partial charge in [-0.25, -0.2) is 8.78 Å². The van der Waals surface area contributed by atoms with Crippen LogP contribution >= 0.6 is 34.2 Å². The van der Waals surface area contributed by atoms with Crippen molar-refractivity contribution in [2.75, 3.05) is 6.61 Å². The number of nitrogens with one attached hydrogen (secondary N) is 1. The van der Waals surface area contributed by atoms with Crippen molar-refractivity contribution in [3.8, 4) is 5.75 Å². The van der Waals surface area contributed by atoms with Gasteiger partial charge in [-0.3, -0.25) is 4.79 Å². The molecule has 4 aromatic rings. The molecule has 3 aromatic carbocycles. The van der Waals surface area contributed by atoms with E-state index in [0.717, 1.165) is 3.57 Å². The van der Waals surface area contributed by atoms with E-state index in [0.29, 0.717) is 38.0 Å². The summed E-state index contributed by atoms with van der Waals surface area (Å²) in [6, 6.07) is 10.4. The number of ketones is 1. The molecule has 0 radical (unpaired) electrons. The van der Waals surface area contributed by atoms with E-state index in [2.05, 4.69) is 27.6 Å². The molecule has 0 aliphatic carbocycles. The molecule has 1 aromatic heterocycles. The third-order valence-electron chi connectivity index (χ3n) is 4.22. The molecule has 1 N–H and O–H groups in total. The van der Waals surface area contributed by atoms with Gasteiger partial charge in [0, 0.05) is 33.1 Å². The summed E-state index contributed by atoms with van der Waals surface area (Å²) in [6.07, 6.45) is 1.53. The average Bonchev–Trinajstić information content (AvgIpc) is 3.02. The van der Waals surface area contributed by atoms with Crippen LogP contribution in [0.15, 0.2) is 48.7 Å². The van der Waals surface area contributed by atoms with Crippen molar-refractivity contribution in [1.82, 2.24) is 4.98 Å². The quantitative estimate of drug-likeness (QED) is 0.273. The molecular weight excluding hydrogens is 487 g/mol. The molecule has 0 saturated carbocycles. The van der Waals surface area contributed by atoms with Gasteiger partial charge >= 0.3 is 0 Å². The Morgan fingerprint density at radius 2 is 1.93 bits per heavy atom. The summed E-state index contributed by atoms with van der Waals surface area (Å²) >= 11 is 7.95. The zero-order chi connectivity index (χ0) is 19.1. The van der Waals surface area contributed by atoms with Crippen LogP contribution in [0.25, 0.3) is 21.7 Å². The second-order valence-electron chi connectivity index (χ2n) is 6.00. The van der Waals surface area contributed by atoms with Crippen molar-refractivity contribution in [3.63, 3.8) is 0 Å². The number of ether oxygens (including phenoxy) is 1. The third-order valence-corrected chi connectivity index (χ3v) is 5.28. The summed E-state index contributed by atoms with van der Waals surface area (Å²) < 4.78 is 33.8. The number of hydrogen-bond donors (Lipinski definition) is 1. The Labute approximate surface area is 171 Å². The Balaban J connectivity index is 1.61. The van der Waals surface area contributed by atoms with E-state index < -0.39 is 5.82 Å². The van der Waals surface area contributed by atoms with Crippen LogP contribution in [0.3, 0.4) is 0 Å². The molecule has 136 valence electrons. The van der Waals surface area contributed by atoms with Gasteiger partial charge in [0.2, 0.25) is 5.78 Å². The van der Waals surface area contributed by atoms with E-state index in [1.807, 2.05) is 0 Å². The summed E-state index contributed by atoms with van der Waals surface area (Å²) in [7, 11) is 0. The molecule has 0 spiro atoms. The van der Waals surface area contributed by atoms with E-state index in [4.69, 9.17) is 16.3 Å². The number of halogens is 4. The average molecular weight is 498 g/mol.